The molecule has 0 heterocycles. The van der Waals surface area contributed by atoms with Crippen molar-refractivity contribution in [1.82, 2.24) is 0 Å². The quantitative estimate of drug-likeness (QED) is 0.529. The summed E-state index contributed by atoms with van der Waals surface area (Å²) >= 11 is 0. The number of rotatable bonds is 6. The van der Waals surface area contributed by atoms with Gasteiger partial charge in [-0.1, -0.05) is 0 Å². The molecule has 0 aromatic carbocycles. The molecule has 16 heavy (non-hydrogen) atoms. The van der Waals surface area contributed by atoms with Crippen LogP contribution < -0.4 is 0 Å². The lowest BCUT2D eigenvalue weighted by Gasteiger charge is -2.43. The van der Waals surface area contributed by atoms with Crippen LogP contribution in [0, 0.1) is 11.8 Å². The Morgan fingerprint density at radius 1 is 0.875 bits per heavy atom. The molecule has 0 bridgehead atoms. The van der Waals surface area contributed by atoms with Crippen LogP contribution in [0.5, 0.6) is 0 Å². The first-order valence-corrected chi connectivity index (χ1v) is 4.18. The second kappa shape index (κ2) is 4.60. The Labute approximate surface area is 88.7 Å². The van der Waals surface area contributed by atoms with E-state index in [9.17, 15) is 19.2 Å². The van der Waals surface area contributed by atoms with E-state index >= 15 is 0 Å². The van der Waals surface area contributed by atoms with Crippen molar-refractivity contribution in [1.29, 1.82) is 0 Å². The van der Waals surface area contributed by atoms with Crippen molar-refractivity contribution in [3.63, 3.8) is 0 Å². The zero-order valence-corrected chi connectivity index (χ0v) is 7.81. The highest BCUT2D eigenvalue weighted by Crippen LogP contribution is 2.39. The van der Waals surface area contributed by atoms with Gasteiger partial charge in [-0.05, 0) is 0 Å². The van der Waals surface area contributed by atoms with E-state index in [1.807, 2.05) is 0 Å². The highest BCUT2D eigenvalue weighted by Gasteiger charge is 2.61. The van der Waals surface area contributed by atoms with Crippen LogP contribution in [0.3, 0.4) is 0 Å². The van der Waals surface area contributed by atoms with E-state index in [1.165, 1.54) is 0 Å². The molecule has 1 fully saturated rings. The average molecular weight is 232 g/mol. The third-order valence-electron chi connectivity index (χ3n) is 2.41. The van der Waals surface area contributed by atoms with Crippen molar-refractivity contribution in [2.45, 2.75) is 12.2 Å². The normalized spacial score (nSPS) is 32.0. The smallest absolute Gasteiger partial charge is 0.311 e. The number of aliphatic carboxylic acids is 2. The van der Waals surface area contributed by atoms with Crippen LogP contribution >= 0.6 is 0 Å². The standard InChI is InChI=1S/C8H8O8/c9-1-15-5-3(7(11)12)4(8(13)14)6(5)16-2-10/h1-6H,(H,11,12)(H,13,14). The minimum absolute atomic E-state index is 0.0140. The molecule has 0 aliphatic heterocycles. The summed E-state index contributed by atoms with van der Waals surface area (Å²) in [6.45, 7) is -0.0281. The summed E-state index contributed by atoms with van der Waals surface area (Å²) in [7, 11) is 0. The molecule has 0 amide bonds. The summed E-state index contributed by atoms with van der Waals surface area (Å²) in [4.78, 5) is 41.6. The molecule has 1 aliphatic carbocycles. The first kappa shape index (κ1) is 12.0. The molecule has 0 saturated heterocycles. The maximum atomic E-state index is 10.7. The highest BCUT2D eigenvalue weighted by atomic mass is 16.6. The van der Waals surface area contributed by atoms with Crippen LogP contribution in [0.1, 0.15) is 0 Å². The first-order chi connectivity index (χ1) is 7.54. The maximum absolute atomic E-state index is 10.7. The monoisotopic (exact) mass is 232 g/mol. The fraction of sp³-hybridized carbons (Fsp3) is 0.500. The van der Waals surface area contributed by atoms with Crippen molar-refractivity contribution in [2.75, 3.05) is 0 Å². The molecule has 88 valence electrons. The van der Waals surface area contributed by atoms with E-state index in [-0.39, 0.29) is 12.9 Å². The number of hydrogen-bond donors (Lipinski definition) is 2. The van der Waals surface area contributed by atoms with Crippen LogP contribution in [0.15, 0.2) is 0 Å². The lowest BCUT2D eigenvalue weighted by molar-refractivity contribution is -0.213. The number of carboxylic acids is 2. The molecule has 0 aromatic rings. The summed E-state index contributed by atoms with van der Waals surface area (Å²) in [5.41, 5.74) is 0. The second-order valence-electron chi connectivity index (χ2n) is 3.12. The predicted molar refractivity (Wildman–Crippen MR) is 44.1 cm³/mol. The van der Waals surface area contributed by atoms with Crippen molar-refractivity contribution in [3.8, 4) is 0 Å². The Hall–Kier alpha value is -2.12. The number of hydrogen-bond acceptors (Lipinski definition) is 6. The number of carboxylic acid groups (broad SMARTS) is 2. The summed E-state index contributed by atoms with van der Waals surface area (Å²) in [6.07, 6.45) is -2.53. The van der Waals surface area contributed by atoms with Gasteiger partial charge in [-0.25, -0.2) is 0 Å². The Balaban J connectivity index is 2.87. The molecule has 4 atom stereocenters. The predicted octanol–water partition coefficient (Wildman–Crippen LogP) is -1.52. The third kappa shape index (κ3) is 1.81. The lowest BCUT2D eigenvalue weighted by atomic mass is 9.68. The summed E-state index contributed by atoms with van der Waals surface area (Å²) in [5, 5.41) is 17.5. The summed E-state index contributed by atoms with van der Waals surface area (Å²) in [6, 6.07) is 0. The van der Waals surface area contributed by atoms with E-state index in [4.69, 9.17) is 10.2 Å². The van der Waals surface area contributed by atoms with Gasteiger partial charge in [0.1, 0.15) is 11.8 Å². The average Bonchev–Trinajstić information content (AvgIpc) is 2.18. The van der Waals surface area contributed by atoms with Crippen molar-refractivity contribution in [2.24, 2.45) is 11.8 Å². The number of ether oxygens (including phenoxy) is 2. The number of carbonyl (C=O) groups excluding carboxylic acids is 2. The minimum atomic E-state index is -1.43. The van der Waals surface area contributed by atoms with Crippen LogP contribution in [0.2, 0.25) is 0 Å². The Bertz CT molecular complexity index is 292. The van der Waals surface area contributed by atoms with Gasteiger partial charge in [0.2, 0.25) is 0 Å². The topological polar surface area (TPSA) is 127 Å². The van der Waals surface area contributed by atoms with Gasteiger partial charge in [-0.2, -0.15) is 0 Å². The third-order valence-corrected chi connectivity index (χ3v) is 2.41. The van der Waals surface area contributed by atoms with Gasteiger partial charge < -0.3 is 19.7 Å². The van der Waals surface area contributed by atoms with E-state index in [0.29, 0.717) is 0 Å². The molecule has 1 aliphatic rings. The fourth-order valence-electron chi connectivity index (χ4n) is 1.71. The van der Waals surface area contributed by atoms with Crippen LogP contribution in [-0.4, -0.2) is 47.3 Å². The van der Waals surface area contributed by atoms with E-state index in [2.05, 4.69) is 9.47 Å². The largest absolute Gasteiger partial charge is 0.481 e. The summed E-state index contributed by atoms with van der Waals surface area (Å²) in [5.74, 6) is -5.67. The molecular weight excluding hydrogens is 224 g/mol. The molecule has 4 unspecified atom stereocenters. The molecule has 1 saturated carbocycles. The molecular formula is C8H8O8. The van der Waals surface area contributed by atoms with Crippen molar-refractivity contribution in [3.05, 3.63) is 0 Å². The zero-order chi connectivity index (χ0) is 12.3. The molecule has 1 rings (SSSR count). The Morgan fingerprint density at radius 2 is 1.19 bits per heavy atom. The second-order valence-corrected chi connectivity index (χ2v) is 3.12. The van der Waals surface area contributed by atoms with Gasteiger partial charge >= 0.3 is 11.9 Å². The molecule has 8 heteroatoms. The van der Waals surface area contributed by atoms with Gasteiger partial charge in [-0.3, -0.25) is 19.2 Å². The van der Waals surface area contributed by atoms with Gasteiger partial charge in [0, 0.05) is 0 Å². The SMILES string of the molecule is O=COC1C(OC=O)C(C(=O)O)C1C(=O)O. The Kier molecular flexibility index (Phi) is 3.44. The van der Waals surface area contributed by atoms with Crippen LogP contribution in [0.4, 0.5) is 0 Å². The molecule has 0 spiro atoms. The highest BCUT2D eigenvalue weighted by molar-refractivity contribution is 5.84. The van der Waals surface area contributed by atoms with Crippen molar-refractivity contribution < 1.29 is 38.9 Å². The minimum Gasteiger partial charge on any atom is -0.481 e. The van der Waals surface area contributed by atoms with Gasteiger partial charge in [0.05, 0.1) is 0 Å². The van der Waals surface area contributed by atoms with Gasteiger partial charge in [0.15, 0.2) is 12.2 Å². The van der Waals surface area contributed by atoms with Gasteiger partial charge in [0.25, 0.3) is 12.9 Å². The number of carbonyl (C=O) groups is 4. The molecule has 0 aromatic heterocycles. The molecule has 2 N–H and O–H groups in total. The zero-order valence-electron chi connectivity index (χ0n) is 7.81. The van der Waals surface area contributed by atoms with Crippen LogP contribution in [-0.2, 0) is 28.7 Å². The maximum Gasteiger partial charge on any atom is 0.311 e. The summed E-state index contributed by atoms with van der Waals surface area (Å²) < 4.78 is 8.78. The fourth-order valence-corrected chi connectivity index (χ4v) is 1.71. The van der Waals surface area contributed by atoms with E-state index in [0.717, 1.165) is 0 Å². The van der Waals surface area contributed by atoms with Gasteiger partial charge in [-0.15, -0.1) is 0 Å². The molecule has 8 nitrogen and oxygen atoms in total. The van der Waals surface area contributed by atoms with E-state index in [1.54, 1.807) is 0 Å². The first-order valence-electron chi connectivity index (χ1n) is 4.18. The Morgan fingerprint density at radius 3 is 1.38 bits per heavy atom. The van der Waals surface area contributed by atoms with Crippen molar-refractivity contribution >= 4 is 24.9 Å². The molecule has 0 radical (unpaired) electrons. The van der Waals surface area contributed by atoms with Crippen LogP contribution in [0.25, 0.3) is 0 Å². The van der Waals surface area contributed by atoms with E-state index < -0.39 is 36.0 Å². The lowest BCUT2D eigenvalue weighted by Crippen LogP contribution is -2.63.